The average Bonchev–Trinajstić information content (AvgIpc) is 3.25. The van der Waals surface area contributed by atoms with Gasteiger partial charge in [0.25, 0.3) is 5.91 Å². The van der Waals surface area contributed by atoms with E-state index in [1.807, 2.05) is 62.4 Å². The molecule has 2 aromatic carbocycles. The van der Waals surface area contributed by atoms with E-state index in [2.05, 4.69) is 10.5 Å². The minimum atomic E-state index is -0.587. The van der Waals surface area contributed by atoms with Crippen LogP contribution in [0, 0.1) is 13.8 Å². The van der Waals surface area contributed by atoms with Crippen LogP contribution in [0.4, 0.5) is 0 Å². The molecule has 2 heterocycles. The Morgan fingerprint density at radius 3 is 2.74 bits per heavy atom. The van der Waals surface area contributed by atoms with E-state index in [0.717, 1.165) is 16.9 Å². The Hall–Kier alpha value is -3.61. The SMILES string of the molecule is Cc1ccc(OCc2cc(C(=O)N3CCNC(=O)[C@H]3Cc3ccccc3)no2)cc1C. The first-order valence-corrected chi connectivity index (χ1v) is 10.3. The molecule has 1 atom stereocenters. The van der Waals surface area contributed by atoms with Gasteiger partial charge in [0.05, 0.1) is 0 Å². The van der Waals surface area contributed by atoms with Gasteiger partial charge in [0.1, 0.15) is 18.4 Å². The molecule has 1 saturated heterocycles. The van der Waals surface area contributed by atoms with Crippen molar-refractivity contribution in [1.82, 2.24) is 15.4 Å². The fourth-order valence-corrected chi connectivity index (χ4v) is 3.59. The van der Waals surface area contributed by atoms with Crippen LogP contribution < -0.4 is 10.1 Å². The maximum absolute atomic E-state index is 13.1. The van der Waals surface area contributed by atoms with Crippen molar-refractivity contribution in [1.29, 1.82) is 0 Å². The summed E-state index contributed by atoms with van der Waals surface area (Å²) in [4.78, 5) is 27.2. The first-order chi connectivity index (χ1) is 15.0. The second kappa shape index (κ2) is 9.04. The van der Waals surface area contributed by atoms with Crippen molar-refractivity contribution in [3.05, 3.63) is 82.7 Å². The number of ether oxygens (including phenoxy) is 1. The van der Waals surface area contributed by atoms with Crippen molar-refractivity contribution in [2.45, 2.75) is 32.9 Å². The number of hydrogen-bond acceptors (Lipinski definition) is 5. The molecule has 1 aliphatic rings. The highest BCUT2D eigenvalue weighted by molar-refractivity contribution is 5.97. The molecule has 160 valence electrons. The Balaban J connectivity index is 1.44. The van der Waals surface area contributed by atoms with Crippen LogP contribution in [-0.2, 0) is 17.8 Å². The highest BCUT2D eigenvalue weighted by Crippen LogP contribution is 2.19. The molecule has 4 rings (SSSR count). The van der Waals surface area contributed by atoms with Crippen LogP contribution in [0.15, 0.2) is 59.1 Å². The number of aromatic nitrogens is 1. The van der Waals surface area contributed by atoms with Crippen LogP contribution in [0.3, 0.4) is 0 Å². The van der Waals surface area contributed by atoms with Crippen LogP contribution >= 0.6 is 0 Å². The van der Waals surface area contributed by atoms with Gasteiger partial charge in [-0.3, -0.25) is 9.59 Å². The molecule has 0 radical (unpaired) electrons. The summed E-state index contributed by atoms with van der Waals surface area (Å²) < 4.78 is 11.1. The topological polar surface area (TPSA) is 84.7 Å². The molecule has 7 heteroatoms. The minimum absolute atomic E-state index is 0.162. The van der Waals surface area contributed by atoms with Crippen molar-refractivity contribution >= 4 is 11.8 Å². The third kappa shape index (κ3) is 4.77. The molecule has 1 fully saturated rings. The normalized spacial score (nSPS) is 16.1. The van der Waals surface area contributed by atoms with Gasteiger partial charge < -0.3 is 19.5 Å². The van der Waals surface area contributed by atoms with Gasteiger partial charge in [0.2, 0.25) is 5.91 Å². The predicted molar refractivity (Wildman–Crippen MR) is 115 cm³/mol. The van der Waals surface area contributed by atoms with Crippen molar-refractivity contribution < 1.29 is 18.8 Å². The van der Waals surface area contributed by atoms with E-state index >= 15 is 0 Å². The van der Waals surface area contributed by atoms with Gasteiger partial charge in [-0.15, -0.1) is 0 Å². The number of nitrogens with one attached hydrogen (secondary N) is 1. The largest absolute Gasteiger partial charge is 0.486 e. The van der Waals surface area contributed by atoms with Crippen molar-refractivity contribution in [2.24, 2.45) is 0 Å². The molecule has 3 aromatic rings. The molecule has 1 aromatic heterocycles. The molecule has 1 aliphatic heterocycles. The van der Waals surface area contributed by atoms with E-state index in [1.165, 1.54) is 5.56 Å². The van der Waals surface area contributed by atoms with E-state index in [1.54, 1.807) is 11.0 Å². The molecular formula is C24H25N3O4. The monoisotopic (exact) mass is 419 g/mol. The van der Waals surface area contributed by atoms with Crippen LogP contribution in [0.5, 0.6) is 5.75 Å². The molecule has 0 bridgehead atoms. The fraction of sp³-hybridized carbons (Fsp3) is 0.292. The zero-order valence-corrected chi connectivity index (χ0v) is 17.6. The molecule has 0 unspecified atom stereocenters. The summed E-state index contributed by atoms with van der Waals surface area (Å²) in [5, 5.41) is 6.77. The lowest BCUT2D eigenvalue weighted by molar-refractivity contribution is -0.127. The van der Waals surface area contributed by atoms with Crippen LogP contribution in [0.1, 0.15) is 32.9 Å². The van der Waals surface area contributed by atoms with Crippen LogP contribution in [0.2, 0.25) is 0 Å². The van der Waals surface area contributed by atoms with Gasteiger partial charge in [-0.1, -0.05) is 41.6 Å². The summed E-state index contributed by atoms with van der Waals surface area (Å²) >= 11 is 0. The zero-order valence-electron chi connectivity index (χ0n) is 17.6. The smallest absolute Gasteiger partial charge is 0.276 e. The summed E-state index contributed by atoms with van der Waals surface area (Å²) in [6.45, 7) is 5.06. The first-order valence-electron chi connectivity index (χ1n) is 10.3. The maximum atomic E-state index is 13.1. The number of amides is 2. The van der Waals surface area contributed by atoms with Crippen molar-refractivity contribution in [3.63, 3.8) is 0 Å². The van der Waals surface area contributed by atoms with E-state index < -0.39 is 6.04 Å². The third-order valence-electron chi connectivity index (χ3n) is 5.50. The summed E-state index contributed by atoms with van der Waals surface area (Å²) in [7, 11) is 0. The van der Waals surface area contributed by atoms with E-state index in [0.29, 0.717) is 25.3 Å². The Morgan fingerprint density at radius 2 is 1.97 bits per heavy atom. The number of nitrogens with zero attached hydrogens (tertiary/aromatic N) is 2. The number of hydrogen-bond donors (Lipinski definition) is 1. The summed E-state index contributed by atoms with van der Waals surface area (Å²) in [5.74, 6) is 0.688. The lowest BCUT2D eigenvalue weighted by atomic mass is 10.0. The standard InChI is InChI=1S/C24H25N3O4/c1-16-8-9-19(12-17(16)2)30-15-20-14-21(26-31-20)24(29)27-11-10-25-23(28)22(27)13-18-6-4-3-5-7-18/h3-9,12,14,22H,10-11,13,15H2,1-2H3,(H,25,28)/t22-/m1/s1. The Morgan fingerprint density at radius 1 is 1.16 bits per heavy atom. The highest BCUT2D eigenvalue weighted by Gasteiger charge is 2.34. The lowest BCUT2D eigenvalue weighted by Gasteiger charge is -2.34. The molecule has 0 aliphatic carbocycles. The summed E-state index contributed by atoms with van der Waals surface area (Å²) in [6.07, 6.45) is 0.443. The van der Waals surface area contributed by atoms with Gasteiger partial charge in [-0.05, 0) is 42.7 Å². The molecule has 1 N–H and O–H groups in total. The van der Waals surface area contributed by atoms with Crippen LogP contribution in [0.25, 0.3) is 0 Å². The number of carbonyl (C=O) groups excluding carboxylic acids is 2. The van der Waals surface area contributed by atoms with Crippen molar-refractivity contribution in [2.75, 3.05) is 13.1 Å². The number of benzene rings is 2. The maximum Gasteiger partial charge on any atom is 0.276 e. The Bertz CT molecular complexity index is 1080. The van der Waals surface area contributed by atoms with Gasteiger partial charge >= 0.3 is 0 Å². The molecular weight excluding hydrogens is 394 g/mol. The summed E-state index contributed by atoms with van der Waals surface area (Å²) in [6, 6.07) is 16.5. The fourth-order valence-electron chi connectivity index (χ4n) is 3.59. The van der Waals surface area contributed by atoms with Gasteiger partial charge in [0.15, 0.2) is 11.5 Å². The van der Waals surface area contributed by atoms with E-state index in [-0.39, 0.29) is 24.1 Å². The molecule has 0 saturated carbocycles. The molecule has 31 heavy (non-hydrogen) atoms. The van der Waals surface area contributed by atoms with Crippen LogP contribution in [-0.4, -0.2) is 41.0 Å². The molecule has 2 amide bonds. The zero-order chi connectivity index (χ0) is 21.8. The predicted octanol–water partition coefficient (Wildman–Crippen LogP) is 3.05. The van der Waals surface area contributed by atoms with E-state index in [9.17, 15) is 9.59 Å². The second-order valence-corrected chi connectivity index (χ2v) is 7.71. The molecule has 0 spiro atoms. The number of rotatable bonds is 6. The number of aryl methyl sites for hydroxylation is 2. The Labute approximate surface area is 181 Å². The molecule has 7 nitrogen and oxygen atoms in total. The van der Waals surface area contributed by atoms with Gasteiger partial charge in [-0.25, -0.2) is 0 Å². The third-order valence-corrected chi connectivity index (χ3v) is 5.50. The quantitative estimate of drug-likeness (QED) is 0.664. The van der Waals surface area contributed by atoms with Gasteiger partial charge in [-0.2, -0.15) is 0 Å². The summed E-state index contributed by atoms with van der Waals surface area (Å²) in [5.41, 5.74) is 3.49. The second-order valence-electron chi connectivity index (χ2n) is 7.71. The van der Waals surface area contributed by atoms with Gasteiger partial charge in [0, 0.05) is 25.6 Å². The van der Waals surface area contributed by atoms with Crippen molar-refractivity contribution in [3.8, 4) is 5.75 Å². The first kappa shape index (κ1) is 20.7. The Kier molecular flexibility index (Phi) is 6.02. The number of piperazine rings is 1. The highest BCUT2D eigenvalue weighted by atomic mass is 16.5. The number of carbonyl (C=O) groups is 2. The minimum Gasteiger partial charge on any atom is -0.486 e. The average molecular weight is 419 g/mol. The van der Waals surface area contributed by atoms with E-state index in [4.69, 9.17) is 9.26 Å². The lowest BCUT2D eigenvalue weighted by Crippen LogP contribution is -2.58.